The van der Waals surface area contributed by atoms with E-state index in [-0.39, 0.29) is 30.3 Å². The van der Waals surface area contributed by atoms with Crippen molar-refractivity contribution in [2.75, 3.05) is 13.2 Å². The summed E-state index contributed by atoms with van der Waals surface area (Å²) in [5.41, 5.74) is 7.07. The molecule has 0 bridgehead atoms. The number of carbonyl (C=O) groups is 2. The number of aliphatic hydroxyl groups is 2. The monoisotopic (exact) mass is 640 g/mol. The molecule has 3 aromatic carbocycles. The Morgan fingerprint density at radius 2 is 1.34 bits per heavy atom. The lowest BCUT2D eigenvalue weighted by molar-refractivity contribution is -0.145. The summed E-state index contributed by atoms with van der Waals surface area (Å²) < 4.78 is 10.8. The van der Waals surface area contributed by atoms with E-state index in [0.717, 1.165) is 24.0 Å². The molecule has 0 radical (unpaired) electrons. The van der Waals surface area contributed by atoms with Crippen LogP contribution in [0.4, 0.5) is 0 Å². The number of rotatable bonds is 18. The Bertz CT molecular complexity index is 1490. The molecule has 0 spiro atoms. The first-order chi connectivity index (χ1) is 22.3. The average molecular weight is 641 g/mol. The van der Waals surface area contributed by atoms with Gasteiger partial charge in [-0.3, -0.25) is 0 Å². The molecule has 0 amide bonds. The van der Waals surface area contributed by atoms with Crippen LogP contribution in [-0.2, 0) is 38.3 Å². The van der Waals surface area contributed by atoms with Gasteiger partial charge in [0.25, 0.3) is 0 Å². The van der Waals surface area contributed by atoms with E-state index in [1.165, 1.54) is 67.9 Å². The van der Waals surface area contributed by atoms with Crippen LogP contribution in [-0.4, -0.2) is 47.1 Å². The third-order valence-electron chi connectivity index (χ3n) is 8.60. The quantitative estimate of drug-likeness (QED) is 0.0827. The Morgan fingerprint density at radius 1 is 0.787 bits per heavy atom. The van der Waals surface area contributed by atoms with Crippen LogP contribution >= 0.6 is 0 Å². The van der Waals surface area contributed by atoms with E-state index in [2.05, 4.69) is 93.7 Å². The van der Waals surface area contributed by atoms with Crippen molar-refractivity contribution in [2.24, 2.45) is 5.92 Å². The van der Waals surface area contributed by atoms with Crippen molar-refractivity contribution >= 4 is 11.9 Å². The molecule has 0 saturated heterocycles. The van der Waals surface area contributed by atoms with Crippen LogP contribution in [0.2, 0.25) is 0 Å². The molecular formula is C41H52O6. The second-order valence-corrected chi connectivity index (χ2v) is 12.9. The van der Waals surface area contributed by atoms with Gasteiger partial charge < -0.3 is 19.7 Å². The van der Waals surface area contributed by atoms with Crippen LogP contribution in [0, 0.1) is 5.92 Å². The van der Waals surface area contributed by atoms with Crippen molar-refractivity contribution < 1.29 is 29.3 Å². The Morgan fingerprint density at radius 3 is 1.89 bits per heavy atom. The Hall–Kier alpha value is -4.00. The molecule has 6 heteroatoms. The molecule has 2 unspecified atom stereocenters. The number of aryl methyl sites for hydroxylation is 3. The lowest BCUT2D eigenvalue weighted by Gasteiger charge is -2.22. The molecule has 2 atom stereocenters. The summed E-state index contributed by atoms with van der Waals surface area (Å²) in [4.78, 5) is 24.7. The standard InChI is InChI=1S/C41H52O6/c1-8-10-11-12-31-15-19-35(20-16-31)37-23-24-38(34(9-2)25-37)36-21-17-32(18-22-36)13-14-33(26-46-39(43)28(3)30(5)42)27-47-40(44)29(4)41(6,7)45/h15-25,30,33,42,45H,3-4,8-14,26-27H2,1-2,5-7H3. The number of benzene rings is 3. The maximum atomic E-state index is 12.5. The Labute approximate surface area is 281 Å². The summed E-state index contributed by atoms with van der Waals surface area (Å²) in [7, 11) is 0. The van der Waals surface area contributed by atoms with Gasteiger partial charge in [0.05, 0.1) is 36.1 Å². The summed E-state index contributed by atoms with van der Waals surface area (Å²) in [6.45, 7) is 16.0. The fraction of sp³-hybridized carbons (Fsp3) is 0.415. The Balaban J connectivity index is 1.68. The minimum atomic E-state index is -1.41. The molecule has 0 aliphatic heterocycles. The zero-order valence-corrected chi connectivity index (χ0v) is 28.8. The van der Waals surface area contributed by atoms with Gasteiger partial charge in [-0.1, -0.05) is 107 Å². The van der Waals surface area contributed by atoms with Gasteiger partial charge in [-0.15, -0.1) is 0 Å². The van der Waals surface area contributed by atoms with E-state index < -0.39 is 23.6 Å². The molecule has 0 aliphatic carbocycles. The summed E-state index contributed by atoms with van der Waals surface area (Å²) in [6, 6.07) is 24.1. The molecule has 6 nitrogen and oxygen atoms in total. The third kappa shape index (κ3) is 11.3. The van der Waals surface area contributed by atoms with Gasteiger partial charge in [0.1, 0.15) is 0 Å². The topological polar surface area (TPSA) is 93.1 Å². The number of esters is 2. The summed E-state index contributed by atoms with van der Waals surface area (Å²) in [5, 5.41) is 19.8. The van der Waals surface area contributed by atoms with Gasteiger partial charge in [0.2, 0.25) is 0 Å². The molecule has 2 N–H and O–H groups in total. The van der Waals surface area contributed by atoms with Crippen LogP contribution < -0.4 is 0 Å². The predicted octanol–water partition coefficient (Wildman–Crippen LogP) is 8.22. The van der Waals surface area contributed by atoms with Gasteiger partial charge in [-0.25, -0.2) is 9.59 Å². The number of aliphatic hydroxyl groups excluding tert-OH is 1. The van der Waals surface area contributed by atoms with E-state index in [0.29, 0.717) is 12.8 Å². The molecule has 3 rings (SSSR count). The van der Waals surface area contributed by atoms with Gasteiger partial charge in [0.15, 0.2) is 0 Å². The molecule has 47 heavy (non-hydrogen) atoms. The number of hydrogen-bond donors (Lipinski definition) is 2. The molecule has 0 heterocycles. The lowest BCUT2D eigenvalue weighted by atomic mass is 9.92. The molecule has 0 saturated carbocycles. The van der Waals surface area contributed by atoms with E-state index in [1.807, 2.05) is 0 Å². The normalized spacial score (nSPS) is 12.7. The van der Waals surface area contributed by atoms with Crippen LogP contribution in [0.15, 0.2) is 91.0 Å². The summed E-state index contributed by atoms with van der Waals surface area (Å²) in [6.07, 6.45) is 5.99. The molecule has 3 aromatic rings. The average Bonchev–Trinajstić information content (AvgIpc) is 3.06. The summed E-state index contributed by atoms with van der Waals surface area (Å²) >= 11 is 0. The summed E-state index contributed by atoms with van der Waals surface area (Å²) in [5.74, 6) is -1.72. The van der Waals surface area contributed by atoms with Crippen molar-refractivity contribution in [2.45, 2.75) is 91.3 Å². The van der Waals surface area contributed by atoms with Crippen LogP contribution in [0.25, 0.3) is 22.3 Å². The number of unbranched alkanes of at least 4 members (excludes halogenated alkanes) is 2. The second kappa shape index (κ2) is 17.8. The zero-order valence-electron chi connectivity index (χ0n) is 28.8. The van der Waals surface area contributed by atoms with E-state index >= 15 is 0 Å². The first-order valence-electron chi connectivity index (χ1n) is 16.8. The van der Waals surface area contributed by atoms with Crippen molar-refractivity contribution in [1.29, 1.82) is 0 Å². The highest BCUT2D eigenvalue weighted by atomic mass is 16.5. The maximum absolute atomic E-state index is 12.5. The van der Waals surface area contributed by atoms with Crippen LogP contribution in [0.1, 0.15) is 77.0 Å². The van der Waals surface area contributed by atoms with Crippen LogP contribution in [0.5, 0.6) is 0 Å². The van der Waals surface area contributed by atoms with E-state index in [4.69, 9.17) is 9.47 Å². The highest BCUT2D eigenvalue weighted by molar-refractivity contribution is 5.90. The van der Waals surface area contributed by atoms with Crippen molar-refractivity contribution in [3.05, 3.63) is 108 Å². The van der Waals surface area contributed by atoms with E-state index in [1.54, 1.807) is 0 Å². The molecule has 0 aliphatic rings. The van der Waals surface area contributed by atoms with Crippen molar-refractivity contribution in [1.82, 2.24) is 0 Å². The van der Waals surface area contributed by atoms with Gasteiger partial charge in [0, 0.05) is 5.92 Å². The number of ether oxygens (including phenoxy) is 2. The number of hydrogen-bond acceptors (Lipinski definition) is 6. The third-order valence-corrected chi connectivity index (χ3v) is 8.60. The Kier molecular flexibility index (Phi) is 14.2. The first-order valence-corrected chi connectivity index (χ1v) is 16.8. The predicted molar refractivity (Wildman–Crippen MR) is 190 cm³/mol. The maximum Gasteiger partial charge on any atom is 0.336 e. The van der Waals surface area contributed by atoms with Crippen molar-refractivity contribution in [3.8, 4) is 22.3 Å². The van der Waals surface area contributed by atoms with Gasteiger partial charge in [-0.2, -0.15) is 0 Å². The highest BCUT2D eigenvalue weighted by Gasteiger charge is 2.26. The largest absolute Gasteiger partial charge is 0.462 e. The van der Waals surface area contributed by atoms with Gasteiger partial charge in [-0.05, 0) is 91.8 Å². The SMILES string of the molecule is C=C(C(=O)OCC(CCc1ccc(-c2ccc(-c3ccc(CCCCC)cc3)cc2CC)cc1)COC(=O)C(=C)C(C)(C)O)C(C)O. The van der Waals surface area contributed by atoms with E-state index in [9.17, 15) is 19.8 Å². The fourth-order valence-electron chi connectivity index (χ4n) is 5.21. The molecule has 252 valence electrons. The number of carbonyl (C=O) groups excluding carboxylic acids is 2. The second-order valence-electron chi connectivity index (χ2n) is 12.9. The smallest absolute Gasteiger partial charge is 0.336 e. The van der Waals surface area contributed by atoms with Gasteiger partial charge >= 0.3 is 11.9 Å². The molecule has 0 fully saturated rings. The minimum Gasteiger partial charge on any atom is -0.462 e. The fourth-order valence-corrected chi connectivity index (χ4v) is 5.21. The zero-order chi connectivity index (χ0) is 34.6. The van der Waals surface area contributed by atoms with Crippen LogP contribution in [0.3, 0.4) is 0 Å². The minimum absolute atomic E-state index is 0.0152. The molecule has 0 aromatic heterocycles. The first kappa shape index (κ1) is 37.5. The highest BCUT2D eigenvalue weighted by Crippen LogP contribution is 2.30. The molecular weight excluding hydrogens is 588 g/mol. The van der Waals surface area contributed by atoms with Crippen molar-refractivity contribution in [3.63, 3.8) is 0 Å². The lowest BCUT2D eigenvalue weighted by Crippen LogP contribution is -2.30.